The van der Waals surface area contributed by atoms with E-state index in [1.807, 2.05) is 13.8 Å². The molecule has 1 aromatic carbocycles. The number of aryl methyl sites for hydroxylation is 1. The van der Waals surface area contributed by atoms with Gasteiger partial charge in [0.2, 0.25) is 0 Å². The SMILES string of the molecule is CN=C(NCCCNC(=O)c1occc1C)NC(C)c1ccc(F)c(F)c1. The van der Waals surface area contributed by atoms with Gasteiger partial charge in [0.15, 0.2) is 23.4 Å². The van der Waals surface area contributed by atoms with Crippen molar-refractivity contribution in [1.29, 1.82) is 0 Å². The molecule has 2 rings (SSSR count). The molecule has 0 bridgehead atoms. The number of nitrogens with one attached hydrogen (secondary N) is 3. The first kappa shape index (κ1) is 20.4. The molecule has 0 saturated carbocycles. The Bertz CT molecular complexity index is 805. The van der Waals surface area contributed by atoms with E-state index in [0.29, 0.717) is 36.8 Å². The Kier molecular flexibility index (Phi) is 7.34. The average molecular weight is 378 g/mol. The molecule has 3 N–H and O–H groups in total. The van der Waals surface area contributed by atoms with Crippen molar-refractivity contribution in [2.45, 2.75) is 26.3 Å². The van der Waals surface area contributed by atoms with E-state index in [2.05, 4.69) is 20.9 Å². The van der Waals surface area contributed by atoms with Crippen molar-refractivity contribution in [3.05, 3.63) is 59.1 Å². The molecule has 0 spiro atoms. The molecule has 1 atom stereocenters. The van der Waals surface area contributed by atoms with Crippen LogP contribution in [0.15, 0.2) is 39.9 Å². The van der Waals surface area contributed by atoms with E-state index < -0.39 is 11.6 Å². The van der Waals surface area contributed by atoms with Gasteiger partial charge < -0.3 is 20.4 Å². The number of furan rings is 1. The molecule has 1 amide bonds. The van der Waals surface area contributed by atoms with Crippen molar-refractivity contribution in [3.63, 3.8) is 0 Å². The van der Waals surface area contributed by atoms with Crippen molar-refractivity contribution in [2.75, 3.05) is 20.1 Å². The molecule has 0 radical (unpaired) electrons. The van der Waals surface area contributed by atoms with Crippen molar-refractivity contribution in [1.82, 2.24) is 16.0 Å². The first-order valence-corrected chi connectivity index (χ1v) is 8.66. The largest absolute Gasteiger partial charge is 0.459 e. The third-order valence-corrected chi connectivity index (χ3v) is 4.02. The second-order valence-corrected chi connectivity index (χ2v) is 6.08. The number of hydrogen-bond donors (Lipinski definition) is 3. The van der Waals surface area contributed by atoms with Gasteiger partial charge in [-0.3, -0.25) is 9.79 Å². The lowest BCUT2D eigenvalue weighted by molar-refractivity contribution is 0.0925. The number of amides is 1. The van der Waals surface area contributed by atoms with E-state index in [1.165, 1.54) is 12.3 Å². The quantitative estimate of drug-likeness (QED) is 0.393. The smallest absolute Gasteiger partial charge is 0.287 e. The maximum atomic E-state index is 13.3. The van der Waals surface area contributed by atoms with E-state index in [-0.39, 0.29) is 11.9 Å². The van der Waals surface area contributed by atoms with Gasteiger partial charge in [-0.25, -0.2) is 8.78 Å². The van der Waals surface area contributed by atoms with Gasteiger partial charge in [-0.1, -0.05) is 6.07 Å². The zero-order valence-corrected chi connectivity index (χ0v) is 15.6. The molecule has 0 fully saturated rings. The van der Waals surface area contributed by atoms with Gasteiger partial charge in [0.05, 0.1) is 12.3 Å². The Morgan fingerprint density at radius 3 is 2.56 bits per heavy atom. The number of hydrogen-bond acceptors (Lipinski definition) is 3. The van der Waals surface area contributed by atoms with E-state index in [4.69, 9.17) is 4.42 Å². The number of benzene rings is 1. The lowest BCUT2D eigenvalue weighted by atomic mass is 10.1. The summed E-state index contributed by atoms with van der Waals surface area (Å²) < 4.78 is 31.5. The Labute approximate surface area is 157 Å². The molecule has 0 saturated heterocycles. The summed E-state index contributed by atoms with van der Waals surface area (Å²) in [6.07, 6.45) is 2.15. The molecule has 0 aliphatic rings. The van der Waals surface area contributed by atoms with E-state index in [0.717, 1.165) is 17.7 Å². The number of guanidine groups is 1. The van der Waals surface area contributed by atoms with Gasteiger partial charge in [-0.15, -0.1) is 0 Å². The maximum Gasteiger partial charge on any atom is 0.287 e. The molecule has 0 aliphatic carbocycles. The summed E-state index contributed by atoms with van der Waals surface area (Å²) in [4.78, 5) is 16.0. The lowest BCUT2D eigenvalue weighted by Crippen LogP contribution is -2.40. The Balaban J connectivity index is 1.73. The summed E-state index contributed by atoms with van der Waals surface area (Å²) in [6, 6.07) is 5.26. The predicted molar refractivity (Wildman–Crippen MR) is 99.7 cm³/mol. The maximum absolute atomic E-state index is 13.3. The van der Waals surface area contributed by atoms with Crippen molar-refractivity contribution >= 4 is 11.9 Å². The van der Waals surface area contributed by atoms with Gasteiger partial charge in [0.25, 0.3) is 5.91 Å². The minimum Gasteiger partial charge on any atom is -0.459 e. The van der Waals surface area contributed by atoms with E-state index in [9.17, 15) is 13.6 Å². The molecule has 1 heterocycles. The van der Waals surface area contributed by atoms with Crippen molar-refractivity contribution < 1.29 is 18.0 Å². The van der Waals surface area contributed by atoms with Crippen LogP contribution in [-0.2, 0) is 0 Å². The van der Waals surface area contributed by atoms with Gasteiger partial charge in [0, 0.05) is 25.7 Å². The molecule has 6 nitrogen and oxygen atoms in total. The standard InChI is InChI=1S/C19H24F2N4O2/c1-12-7-10-27-17(12)18(26)23-8-4-9-24-19(22-3)25-13(2)14-5-6-15(20)16(21)11-14/h5-7,10-11,13H,4,8-9H2,1-3H3,(H,23,26)(H2,22,24,25). The van der Waals surface area contributed by atoms with Crippen LogP contribution in [0.2, 0.25) is 0 Å². The monoisotopic (exact) mass is 378 g/mol. The fraction of sp³-hybridized carbons (Fsp3) is 0.368. The molecular formula is C19H24F2N4O2. The molecule has 1 unspecified atom stereocenters. The van der Waals surface area contributed by atoms with Crippen LogP contribution in [-0.4, -0.2) is 32.0 Å². The van der Waals surface area contributed by atoms with Crippen LogP contribution in [0.1, 0.15) is 41.1 Å². The minimum atomic E-state index is -0.883. The highest BCUT2D eigenvalue weighted by molar-refractivity contribution is 5.92. The highest BCUT2D eigenvalue weighted by atomic mass is 19.2. The Morgan fingerprint density at radius 2 is 1.93 bits per heavy atom. The predicted octanol–water partition coefficient (Wildman–Crippen LogP) is 2.91. The summed E-state index contributed by atoms with van der Waals surface area (Å²) in [5.74, 6) is -1.15. The van der Waals surface area contributed by atoms with Gasteiger partial charge in [0.1, 0.15) is 0 Å². The summed E-state index contributed by atoms with van der Waals surface area (Å²) in [7, 11) is 1.62. The summed E-state index contributed by atoms with van der Waals surface area (Å²) >= 11 is 0. The van der Waals surface area contributed by atoms with Crippen LogP contribution in [0.5, 0.6) is 0 Å². The summed E-state index contributed by atoms with van der Waals surface area (Å²) in [5, 5.41) is 9.00. The van der Waals surface area contributed by atoms with E-state index >= 15 is 0 Å². The molecule has 27 heavy (non-hydrogen) atoms. The third-order valence-electron chi connectivity index (χ3n) is 4.02. The molecule has 0 aliphatic heterocycles. The number of halogens is 2. The number of carbonyl (C=O) groups excluding carboxylic acids is 1. The van der Waals surface area contributed by atoms with Crippen LogP contribution >= 0.6 is 0 Å². The minimum absolute atomic E-state index is 0.244. The number of nitrogens with zero attached hydrogens (tertiary/aromatic N) is 1. The van der Waals surface area contributed by atoms with Crippen LogP contribution in [0.3, 0.4) is 0 Å². The van der Waals surface area contributed by atoms with E-state index in [1.54, 1.807) is 13.1 Å². The van der Waals surface area contributed by atoms with Crippen molar-refractivity contribution in [2.24, 2.45) is 4.99 Å². The highest BCUT2D eigenvalue weighted by Crippen LogP contribution is 2.15. The second-order valence-electron chi connectivity index (χ2n) is 6.08. The second kappa shape index (κ2) is 9.70. The zero-order chi connectivity index (χ0) is 19.8. The topological polar surface area (TPSA) is 78.7 Å². The number of rotatable bonds is 7. The van der Waals surface area contributed by atoms with Crippen LogP contribution in [0.25, 0.3) is 0 Å². The first-order valence-electron chi connectivity index (χ1n) is 8.66. The first-order chi connectivity index (χ1) is 12.9. The molecule has 1 aromatic heterocycles. The van der Waals surface area contributed by atoms with Gasteiger partial charge >= 0.3 is 0 Å². The Hall–Kier alpha value is -2.90. The van der Waals surface area contributed by atoms with Gasteiger partial charge in [-0.05, 0) is 44.0 Å². The summed E-state index contributed by atoms with van der Waals surface area (Å²) in [5.41, 5.74) is 1.40. The zero-order valence-electron chi connectivity index (χ0n) is 15.6. The van der Waals surface area contributed by atoms with Crippen LogP contribution in [0, 0.1) is 18.6 Å². The summed E-state index contributed by atoms with van der Waals surface area (Å²) in [6.45, 7) is 4.68. The van der Waals surface area contributed by atoms with Crippen LogP contribution in [0.4, 0.5) is 8.78 Å². The number of carbonyl (C=O) groups is 1. The lowest BCUT2D eigenvalue weighted by Gasteiger charge is -2.18. The molecule has 146 valence electrons. The van der Waals surface area contributed by atoms with Crippen LogP contribution < -0.4 is 16.0 Å². The normalized spacial score (nSPS) is 12.6. The fourth-order valence-corrected chi connectivity index (χ4v) is 2.45. The number of aliphatic imine (C=N–C) groups is 1. The molecular weight excluding hydrogens is 354 g/mol. The Morgan fingerprint density at radius 1 is 1.19 bits per heavy atom. The molecule has 8 heteroatoms. The fourth-order valence-electron chi connectivity index (χ4n) is 2.45. The van der Waals surface area contributed by atoms with Gasteiger partial charge in [-0.2, -0.15) is 0 Å². The highest BCUT2D eigenvalue weighted by Gasteiger charge is 2.12. The molecule has 2 aromatic rings. The average Bonchev–Trinajstić information content (AvgIpc) is 3.08. The van der Waals surface area contributed by atoms with Crippen molar-refractivity contribution in [3.8, 4) is 0 Å². The third kappa shape index (κ3) is 5.80.